The highest BCUT2D eigenvalue weighted by Gasteiger charge is 2.40. The smallest absolute Gasteiger partial charge is 0.408 e. The third kappa shape index (κ3) is 4.44. The van der Waals surface area contributed by atoms with E-state index in [2.05, 4.69) is 21.2 Å². The van der Waals surface area contributed by atoms with Crippen molar-refractivity contribution in [1.82, 2.24) is 9.47 Å². The quantitative estimate of drug-likeness (QED) is 0.689. The third-order valence-electron chi connectivity index (χ3n) is 4.57. The molecule has 0 bridgehead atoms. The van der Waals surface area contributed by atoms with Crippen LogP contribution in [0.2, 0.25) is 5.02 Å². The second-order valence-corrected chi connectivity index (χ2v) is 7.67. The van der Waals surface area contributed by atoms with Crippen LogP contribution in [0.4, 0.5) is 14.9 Å². The summed E-state index contributed by atoms with van der Waals surface area (Å²) in [5, 5.41) is 11.9. The molecule has 1 saturated heterocycles. The minimum Gasteiger partial charge on any atom is -0.465 e. The average Bonchev–Trinajstić information content (AvgIpc) is 3.11. The number of hydrogen-bond donors (Lipinski definition) is 2. The number of rotatable bonds is 4. The summed E-state index contributed by atoms with van der Waals surface area (Å²) in [5.41, 5.74) is -0.362. The number of carbonyl (C=O) groups excluding carboxylic acids is 1. The predicted octanol–water partition coefficient (Wildman–Crippen LogP) is 3.10. The van der Waals surface area contributed by atoms with E-state index in [-0.39, 0.29) is 33.8 Å². The van der Waals surface area contributed by atoms with Gasteiger partial charge in [-0.2, -0.15) is 0 Å². The van der Waals surface area contributed by atoms with Crippen molar-refractivity contribution >= 4 is 45.2 Å². The van der Waals surface area contributed by atoms with Gasteiger partial charge in [0.1, 0.15) is 11.9 Å². The van der Waals surface area contributed by atoms with E-state index >= 15 is 0 Å². The number of pyridine rings is 1. The average molecular weight is 489 g/mol. The van der Waals surface area contributed by atoms with Crippen molar-refractivity contribution in [3.8, 4) is 5.69 Å². The Bertz CT molecular complexity index is 1030. The van der Waals surface area contributed by atoms with Crippen molar-refractivity contribution in [2.45, 2.75) is 18.6 Å². The number of aromatic nitrogens is 1. The molecule has 11 heteroatoms. The van der Waals surface area contributed by atoms with E-state index in [1.165, 1.54) is 31.5 Å². The number of ether oxygens (including phenoxy) is 1. The Morgan fingerprint density at radius 1 is 1.38 bits per heavy atom. The van der Waals surface area contributed by atoms with Gasteiger partial charge in [-0.05, 0) is 34.1 Å². The number of halogens is 3. The first-order valence-electron chi connectivity index (χ1n) is 8.42. The Morgan fingerprint density at radius 2 is 2.10 bits per heavy atom. The summed E-state index contributed by atoms with van der Waals surface area (Å²) in [4.78, 5) is 37.1. The Morgan fingerprint density at radius 3 is 2.72 bits per heavy atom. The van der Waals surface area contributed by atoms with Gasteiger partial charge in [-0.1, -0.05) is 11.6 Å². The van der Waals surface area contributed by atoms with Gasteiger partial charge in [-0.15, -0.1) is 0 Å². The molecule has 0 saturated carbocycles. The zero-order valence-electron chi connectivity index (χ0n) is 15.1. The lowest BCUT2D eigenvalue weighted by Crippen LogP contribution is -2.42. The molecule has 2 aromatic rings. The molecule has 0 spiro atoms. The highest BCUT2D eigenvalue weighted by Crippen LogP contribution is 2.24. The zero-order valence-corrected chi connectivity index (χ0v) is 17.4. The Labute approximate surface area is 178 Å². The number of carboxylic acid groups (broad SMARTS) is 1. The largest absolute Gasteiger partial charge is 0.465 e. The van der Waals surface area contributed by atoms with E-state index < -0.39 is 35.5 Å². The van der Waals surface area contributed by atoms with E-state index in [1.807, 2.05) is 0 Å². The van der Waals surface area contributed by atoms with Crippen molar-refractivity contribution in [3.05, 3.63) is 56.1 Å². The van der Waals surface area contributed by atoms with Gasteiger partial charge in [0.15, 0.2) is 0 Å². The standard InChI is InChI=1S/C18H16BrClFN3O5/c1-29-11-6-15(24(8-11)18(27)28)16(25)22-14-3-2-10(5-13(14)21)23-7-9(20)4-12(19)17(23)26/h2-5,7,11,15H,6,8H2,1H3,(H,22,25)(H,27,28)/t11-,15-/m1/s1. The molecule has 3 rings (SSSR count). The molecule has 0 unspecified atom stereocenters. The Hall–Kier alpha value is -2.43. The minimum atomic E-state index is -1.26. The highest BCUT2D eigenvalue weighted by atomic mass is 79.9. The van der Waals surface area contributed by atoms with Gasteiger partial charge in [0.25, 0.3) is 5.56 Å². The fourth-order valence-corrected chi connectivity index (χ4v) is 3.88. The normalized spacial score (nSPS) is 18.7. The van der Waals surface area contributed by atoms with Gasteiger partial charge in [-0.25, -0.2) is 9.18 Å². The van der Waals surface area contributed by atoms with E-state index in [0.717, 1.165) is 15.5 Å². The molecule has 2 N–H and O–H groups in total. The van der Waals surface area contributed by atoms with Gasteiger partial charge >= 0.3 is 6.09 Å². The lowest BCUT2D eigenvalue weighted by molar-refractivity contribution is -0.120. The van der Waals surface area contributed by atoms with Gasteiger partial charge < -0.3 is 15.2 Å². The summed E-state index contributed by atoms with van der Waals surface area (Å²) >= 11 is 9.04. The van der Waals surface area contributed by atoms with E-state index in [4.69, 9.17) is 16.3 Å². The lowest BCUT2D eigenvalue weighted by Gasteiger charge is -2.20. The van der Waals surface area contributed by atoms with Crippen molar-refractivity contribution in [2.24, 2.45) is 0 Å². The summed E-state index contributed by atoms with van der Waals surface area (Å²) in [6, 6.07) is 4.22. The predicted molar refractivity (Wildman–Crippen MR) is 107 cm³/mol. The van der Waals surface area contributed by atoms with E-state index in [9.17, 15) is 23.9 Å². The van der Waals surface area contributed by atoms with Gasteiger partial charge in [0.05, 0.1) is 33.5 Å². The van der Waals surface area contributed by atoms with Crippen molar-refractivity contribution < 1.29 is 23.8 Å². The molecule has 2 heterocycles. The van der Waals surface area contributed by atoms with Crippen molar-refractivity contribution in [3.63, 3.8) is 0 Å². The number of nitrogens with one attached hydrogen (secondary N) is 1. The van der Waals surface area contributed by atoms with Crippen LogP contribution in [0, 0.1) is 5.82 Å². The van der Waals surface area contributed by atoms with Crippen LogP contribution in [-0.4, -0.2) is 52.4 Å². The first-order valence-corrected chi connectivity index (χ1v) is 9.59. The Balaban J connectivity index is 1.84. The minimum absolute atomic E-state index is 0.0535. The van der Waals surface area contributed by atoms with Crippen LogP contribution >= 0.6 is 27.5 Å². The van der Waals surface area contributed by atoms with Crippen LogP contribution in [-0.2, 0) is 9.53 Å². The monoisotopic (exact) mass is 487 g/mol. The van der Waals surface area contributed by atoms with Crippen molar-refractivity contribution in [1.29, 1.82) is 0 Å². The molecule has 0 radical (unpaired) electrons. The number of likely N-dealkylation sites (tertiary alicyclic amines) is 1. The lowest BCUT2D eigenvalue weighted by atomic mass is 10.1. The first kappa shape index (κ1) is 21.3. The summed E-state index contributed by atoms with van der Waals surface area (Å²) in [5.74, 6) is -1.46. The number of anilines is 1. The second kappa shape index (κ2) is 8.52. The number of benzene rings is 1. The van der Waals surface area contributed by atoms with Gasteiger partial charge in [0.2, 0.25) is 5.91 Å². The molecule has 1 fully saturated rings. The van der Waals surface area contributed by atoms with Crippen LogP contribution in [0.5, 0.6) is 0 Å². The highest BCUT2D eigenvalue weighted by molar-refractivity contribution is 9.10. The summed E-state index contributed by atoms with van der Waals surface area (Å²) in [6.45, 7) is 0.0535. The third-order valence-corrected chi connectivity index (χ3v) is 5.35. The summed E-state index contributed by atoms with van der Waals surface area (Å²) in [6.07, 6.45) is -0.163. The molecule has 2 atom stereocenters. The topological polar surface area (TPSA) is 101 Å². The number of carbonyl (C=O) groups is 2. The second-order valence-electron chi connectivity index (χ2n) is 6.38. The fourth-order valence-electron chi connectivity index (χ4n) is 3.11. The Kier molecular flexibility index (Phi) is 6.25. The summed E-state index contributed by atoms with van der Waals surface area (Å²) in [7, 11) is 1.43. The maximum atomic E-state index is 14.6. The van der Waals surface area contributed by atoms with Crippen LogP contribution in [0.1, 0.15) is 6.42 Å². The first-order chi connectivity index (χ1) is 13.7. The van der Waals surface area contributed by atoms with Crippen molar-refractivity contribution in [2.75, 3.05) is 19.0 Å². The molecule has 0 aliphatic carbocycles. The molecule has 1 aromatic carbocycles. The molecule has 1 aliphatic heterocycles. The molecule has 154 valence electrons. The number of nitrogens with zero attached hydrogens (tertiary/aromatic N) is 2. The zero-order chi connectivity index (χ0) is 21.3. The summed E-state index contributed by atoms with van der Waals surface area (Å²) < 4.78 is 21.1. The van der Waals surface area contributed by atoms with Crippen LogP contribution in [0.15, 0.2) is 39.7 Å². The van der Waals surface area contributed by atoms with Gasteiger partial charge in [-0.3, -0.25) is 19.1 Å². The SMILES string of the molecule is CO[C@@H]1C[C@H](C(=O)Nc2ccc(-n3cc(Cl)cc(Br)c3=O)cc2F)N(C(=O)O)C1. The molecular weight excluding hydrogens is 473 g/mol. The molecule has 1 aromatic heterocycles. The number of methoxy groups -OCH3 is 1. The van der Waals surface area contributed by atoms with Crippen LogP contribution in [0.25, 0.3) is 5.69 Å². The van der Waals surface area contributed by atoms with Crippen LogP contribution < -0.4 is 10.9 Å². The van der Waals surface area contributed by atoms with Crippen LogP contribution in [0.3, 0.4) is 0 Å². The number of hydrogen-bond acceptors (Lipinski definition) is 4. The van der Waals surface area contributed by atoms with Gasteiger partial charge in [0, 0.05) is 25.8 Å². The molecule has 2 amide bonds. The van der Waals surface area contributed by atoms with E-state index in [0.29, 0.717) is 0 Å². The molecule has 29 heavy (non-hydrogen) atoms. The maximum Gasteiger partial charge on any atom is 0.408 e. The number of amides is 2. The molecule has 8 nitrogen and oxygen atoms in total. The molecular formula is C18H16BrClFN3O5. The maximum absolute atomic E-state index is 14.6. The molecule has 1 aliphatic rings. The fraction of sp³-hybridized carbons (Fsp3) is 0.278. The van der Waals surface area contributed by atoms with E-state index in [1.54, 1.807) is 0 Å².